The number of nitrogens with zero attached hydrogens (tertiary/aromatic N) is 1. The fourth-order valence-corrected chi connectivity index (χ4v) is 4.06. The van der Waals surface area contributed by atoms with Gasteiger partial charge in [0, 0.05) is 18.0 Å². The van der Waals surface area contributed by atoms with Gasteiger partial charge in [0.1, 0.15) is 0 Å². The summed E-state index contributed by atoms with van der Waals surface area (Å²) >= 11 is 7.00. The molecule has 0 radical (unpaired) electrons. The Morgan fingerprint density at radius 2 is 2.24 bits per heavy atom. The predicted octanol–water partition coefficient (Wildman–Crippen LogP) is 3.70. The van der Waals surface area contributed by atoms with E-state index >= 15 is 0 Å². The Morgan fingerprint density at radius 3 is 2.76 bits per heavy atom. The number of halogens is 1. The van der Waals surface area contributed by atoms with Gasteiger partial charge in [0.05, 0.1) is 9.83 Å². The molecule has 1 unspecified atom stereocenters. The summed E-state index contributed by atoms with van der Waals surface area (Å²) in [6, 6.07) is 6.70. The van der Waals surface area contributed by atoms with Gasteiger partial charge in [-0.05, 0) is 57.5 Å². The van der Waals surface area contributed by atoms with Gasteiger partial charge in [-0.25, -0.2) is 0 Å². The van der Waals surface area contributed by atoms with E-state index in [4.69, 9.17) is 5.73 Å². The van der Waals surface area contributed by atoms with Crippen molar-refractivity contribution in [1.82, 2.24) is 4.90 Å². The summed E-state index contributed by atoms with van der Waals surface area (Å²) in [5, 5.41) is 4.30. The van der Waals surface area contributed by atoms with Gasteiger partial charge in [-0.3, -0.25) is 4.90 Å². The number of nitrogens with two attached hydrogens (primary N) is 1. The van der Waals surface area contributed by atoms with Gasteiger partial charge in [0.2, 0.25) is 0 Å². The fourth-order valence-electron chi connectivity index (χ4n) is 1.80. The monoisotopic (exact) mass is 330 g/mol. The van der Waals surface area contributed by atoms with Crippen LogP contribution in [0.5, 0.6) is 0 Å². The van der Waals surface area contributed by atoms with Gasteiger partial charge in [0.15, 0.2) is 0 Å². The molecule has 0 saturated carbocycles. The third-order valence-electron chi connectivity index (χ3n) is 2.69. The van der Waals surface area contributed by atoms with Crippen LogP contribution in [0.2, 0.25) is 0 Å². The first-order chi connectivity index (χ1) is 8.20. The summed E-state index contributed by atoms with van der Waals surface area (Å²) in [7, 11) is 2.13. The highest BCUT2D eigenvalue weighted by Crippen LogP contribution is 2.30. The number of rotatable bonds is 5. The maximum absolute atomic E-state index is 5.90. The largest absolute Gasteiger partial charge is 0.329 e. The summed E-state index contributed by atoms with van der Waals surface area (Å²) in [6.07, 6.45) is 0. The smallest absolute Gasteiger partial charge is 0.0702 e. The van der Waals surface area contributed by atoms with Crippen molar-refractivity contribution in [3.05, 3.63) is 43.2 Å². The van der Waals surface area contributed by atoms with E-state index in [1.807, 2.05) is 0 Å². The van der Waals surface area contributed by atoms with Crippen molar-refractivity contribution in [2.75, 3.05) is 13.6 Å². The molecule has 2 N–H and O–H groups in total. The van der Waals surface area contributed by atoms with Crippen LogP contribution in [0.25, 0.3) is 0 Å². The van der Waals surface area contributed by atoms with Crippen LogP contribution in [-0.4, -0.2) is 18.5 Å². The molecular weight excluding hydrogens is 316 g/mol. The van der Waals surface area contributed by atoms with Crippen molar-refractivity contribution >= 4 is 38.6 Å². The fraction of sp³-hybridized carbons (Fsp3) is 0.333. The van der Waals surface area contributed by atoms with Crippen molar-refractivity contribution in [2.24, 2.45) is 5.73 Å². The summed E-state index contributed by atoms with van der Waals surface area (Å²) < 4.78 is 1.16. The topological polar surface area (TPSA) is 29.3 Å². The van der Waals surface area contributed by atoms with Crippen LogP contribution >= 0.6 is 38.6 Å². The Kier molecular flexibility index (Phi) is 4.76. The lowest BCUT2D eigenvalue weighted by atomic mass is 10.2. The lowest BCUT2D eigenvalue weighted by molar-refractivity contribution is 0.245. The van der Waals surface area contributed by atoms with E-state index in [-0.39, 0.29) is 0 Å². The molecule has 5 heteroatoms. The summed E-state index contributed by atoms with van der Waals surface area (Å²) in [4.78, 5) is 3.62. The molecule has 0 aliphatic carbocycles. The van der Waals surface area contributed by atoms with Crippen LogP contribution in [-0.2, 0) is 6.54 Å². The van der Waals surface area contributed by atoms with Gasteiger partial charge < -0.3 is 5.73 Å². The van der Waals surface area contributed by atoms with E-state index in [0.717, 1.165) is 10.3 Å². The second-order valence-corrected chi connectivity index (χ2v) is 7.21. The van der Waals surface area contributed by atoms with Crippen molar-refractivity contribution in [2.45, 2.75) is 12.6 Å². The second-order valence-electron chi connectivity index (χ2n) is 3.94. The molecule has 0 aliphatic heterocycles. The summed E-state index contributed by atoms with van der Waals surface area (Å²) in [5.74, 6) is 0. The molecule has 92 valence electrons. The molecule has 2 rings (SSSR count). The van der Waals surface area contributed by atoms with Crippen molar-refractivity contribution < 1.29 is 0 Å². The highest BCUT2D eigenvalue weighted by Gasteiger charge is 2.17. The molecular formula is C12H15BrN2S2. The zero-order valence-corrected chi connectivity index (χ0v) is 12.8. The molecule has 2 aromatic heterocycles. The quantitative estimate of drug-likeness (QED) is 0.905. The van der Waals surface area contributed by atoms with E-state index in [1.165, 1.54) is 10.4 Å². The van der Waals surface area contributed by atoms with E-state index in [9.17, 15) is 0 Å². The Balaban J connectivity index is 2.07. The maximum atomic E-state index is 5.90. The van der Waals surface area contributed by atoms with E-state index in [1.54, 1.807) is 22.7 Å². The van der Waals surface area contributed by atoms with Crippen LogP contribution in [0.15, 0.2) is 32.7 Å². The first kappa shape index (κ1) is 13.2. The Morgan fingerprint density at radius 1 is 1.41 bits per heavy atom. The van der Waals surface area contributed by atoms with Crippen LogP contribution in [0, 0.1) is 0 Å². The molecule has 17 heavy (non-hydrogen) atoms. The van der Waals surface area contributed by atoms with Crippen LogP contribution in [0.1, 0.15) is 16.5 Å². The van der Waals surface area contributed by atoms with E-state index in [2.05, 4.69) is 56.8 Å². The minimum Gasteiger partial charge on any atom is -0.329 e. The lowest BCUT2D eigenvalue weighted by Crippen LogP contribution is -2.29. The van der Waals surface area contributed by atoms with E-state index < -0.39 is 0 Å². The van der Waals surface area contributed by atoms with Crippen molar-refractivity contribution in [1.29, 1.82) is 0 Å². The molecule has 0 spiro atoms. The minimum absolute atomic E-state index is 0.297. The standard InChI is InChI=1S/C12H15BrN2S2/c1-15(7-9-4-5-16-8-9)10(6-14)11-2-3-12(13)17-11/h2-5,8,10H,6-7,14H2,1H3. The number of hydrogen-bond acceptors (Lipinski definition) is 4. The molecule has 0 amide bonds. The van der Waals surface area contributed by atoms with Gasteiger partial charge in [-0.15, -0.1) is 11.3 Å². The molecule has 0 bridgehead atoms. The normalized spacial score (nSPS) is 13.2. The Hall–Kier alpha value is -0.200. The minimum atomic E-state index is 0.297. The first-order valence-corrected chi connectivity index (χ1v) is 7.92. The molecule has 2 nitrogen and oxygen atoms in total. The predicted molar refractivity (Wildman–Crippen MR) is 79.6 cm³/mol. The van der Waals surface area contributed by atoms with Crippen LogP contribution in [0.3, 0.4) is 0 Å². The molecule has 0 saturated heterocycles. The van der Waals surface area contributed by atoms with Crippen molar-refractivity contribution in [3.63, 3.8) is 0 Å². The van der Waals surface area contributed by atoms with Crippen molar-refractivity contribution in [3.8, 4) is 0 Å². The second kappa shape index (κ2) is 6.11. The molecule has 1 atom stereocenters. The zero-order valence-electron chi connectivity index (χ0n) is 9.60. The zero-order chi connectivity index (χ0) is 12.3. The van der Waals surface area contributed by atoms with Gasteiger partial charge in [-0.2, -0.15) is 11.3 Å². The Bertz CT molecular complexity index is 453. The third-order valence-corrected chi connectivity index (χ3v) is 5.15. The molecule has 0 aromatic carbocycles. The van der Waals surface area contributed by atoms with Gasteiger partial charge >= 0.3 is 0 Å². The molecule has 0 aliphatic rings. The Labute approximate surface area is 118 Å². The van der Waals surface area contributed by atoms with Crippen LogP contribution < -0.4 is 5.73 Å². The highest BCUT2D eigenvalue weighted by molar-refractivity contribution is 9.11. The SMILES string of the molecule is CN(Cc1ccsc1)C(CN)c1ccc(Br)s1. The van der Waals surface area contributed by atoms with E-state index in [0.29, 0.717) is 12.6 Å². The van der Waals surface area contributed by atoms with Gasteiger partial charge in [-0.1, -0.05) is 0 Å². The average Bonchev–Trinajstić information content (AvgIpc) is 2.91. The maximum Gasteiger partial charge on any atom is 0.0702 e. The summed E-state index contributed by atoms with van der Waals surface area (Å²) in [5.41, 5.74) is 7.25. The molecule has 2 aromatic rings. The first-order valence-electron chi connectivity index (χ1n) is 5.37. The van der Waals surface area contributed by atoms with Gasteiger partial charge in [0.25, 0.3) is 0 Å². The number of thiophene rings is 2. The highest BCUT2D eigenvalue weighted by atomic mass is 79.9. The van der Waals surface area contributed by atoms with Crippen LogP contribution in [0.4, 0.5) is 0 Å². The third kappa shape index (κ3) is 3.39. The molecule has 0 fully saturated rings. The molecule has 2 heterocycles. The number of likely N-dealkylation sites (N-methyl/N-ethyl adjacent to an activating group) is 1. The summed E-state index contributed by atoms with van der Waals surface area (Å²) in [6.45, 7) is 1.59. The lowest BCUT2D eigenvalue weighted by Gasteiger charge is -2.25. The average molecular weight is 331 g/mol. The number of hydrogen-bond donors (Lipinski definition) is 1.